The minimum atomic E-state index is -0.162. The fraction of sp³-hybridized carbons (Fsp3) is 0.0811. The summed E-state index contributed by atoms with van der Waals surface area (Å²) >= 11 is 0. The van der Waals surface area contributed by atoms with Gasteiger partial charge in [-0.1, -0.05) is 105 Å². The number of benzene rings is 5. The Kier molecular flexibility index (Phi) is 4.86. The van der Waals surface area contributed by atoms with Gasteiger partial charge in [0.05, 0.1) is 11.4 Å². The minimum absolute atomic E-state index is 0.162. The molecule has 3 nitrogen and oxygen atoms in total. The van der Waals surface area contributed by atoms with Gasteiger partial charge in [-0.3, -0.25) is 0 Å². The van der Waals surface area contributed by atoms with Crippen LogP contribution in [0, 0.1) is 0 Å². The van der Waals surface area contributed by atoms with Gasteiger partial charge in [0.1, 0.15) is 11.2 Å². The molecule has 0 unspecified atom stereocenters. The first-order valence-corrected chi connectivity index (χ1v) is 13.7. The van der Waals surface area contributed by atoms with Crippen molar-refractivity contribution in [3.05, 3.63) is 132 Å². The van der Waals surface area contributed by atoms with Gasteiger partial charge in [0.2, 0.25) is 0 Å². The molecule has 190 valence electrons. The molecular formula is C37H26N2O. The molecule has 40 heavy (non-hydrogen) atoms. The van der Waals surface area contributed by atoms with Crippen LogP contribution in [0.1, 0.15) is 25.0 Å². The number of aromatic nitrogens is 2. The first-order chi connectivity index (χ1) is 19.6. The molecule has 2 aromatic heterocycles. The third-order valence-corrected chi connectivity index (χ3v) is 8.30. The SMILES string of the molecule is CC1(C)c2cc(-c3cc(-c4ccccc4)nc(-c4ccccc4)n3)ccc2-c2cc3oc4ccccc4c3cc21. The van der Waals surface area contributed by atoms with Crippen LogP contribution in [-0.2, 0) is 5.41 Å². The first kappa shape index (κ1) is 22.9. The van der Waals surface area contributed by atoms with E-state index in [9.17, 15) is 0 Å². The highest BCUT2D eigenvalue weighted by Crippen LogP contribution is 2.51. The molecular weight excluding hydrogens is 488 g/mol. The summed E-state index contributed by atoms with van der Waals surface area (Å²) in [5.41, 5.74) is 11.8. The Morgan fingerprint density at radius 1 is 0.500 bits per heavy atom. The maximum Gasteiger partial charge on any atom is 0.160 e. The molecule has 0 bridgehead atoms. The van der Waals surface area contributed by atoms with E-state index in [1.165, 1.54) is 27.6 Å². The molecule has 5 aromatic carbocycles. The molecule has 0 saturated heterocycles. The van der Waals surface area contributed by atoms with Gasteiger partial charge in [-0.2, -0.15) is 0 Å². The van der Waals surface area contributed by atoms with Gasteiger partial charge in [0, 0.05) is 32.9 Å². The highest BCUT2D eigenvalue weighted by atomic mass is 16.3. The van der Waals surface area contributed by atoms with Crippen molar-refractivity contribution in [3.63, 3.8) is 0 Å². The van der Waals surface area contributed by atoms with Crippen LogP contribution in [0.4, 0.5) is 0 Å². The number of furan rings is 1. The number of hydrogen-bond donors (Lipinski definition) is 0. The average molecular weight is 515 g/mol. The molecule has 7 aromatic rings. The monoisotopic (exact) mass is 514 g/mol. The Balaban J connectivity index is 1.30. The van der Waals surface area contributed by atoms with Crippen LogP contribution < -0.4 is 0 Å². The fourth-order valence-electron chi connectivity index (χ4n) is 6.18. The molecule has 0 spiro atoms. The Morgan fingerprint density at radius 3 is 1.93 bits per heavy atom. The summed E-state index contributed by atoms with van der Waals surface area (Å²) in [6.07, 6.45) is 0. The van der Waals surface area contributed by atoms with E-state index in [0.29, 0.717) is 0 Å². The lowest BCUT2D eigenvalue weighted by Gasteiger charge is -2.22. The first-order valence-electron chi connectivity index (χ1n) is 13.7. The maximum absolute atomic E-state index is 6.25. The summed E-state index contributed by atoms with van der Waals surface area (Å²) < 4.78 is 6.25. The Morgan fingerprint density at radius 2 is 1.15 bits per heavy atom. The molecule has 0 saturated carbocycles. The predicted molar refractivity (Wildman–Crippen MR) is 163 cm³/mol. The predicted octanol–water partition coefficient (Wildman–Crippen LogP) is 9.68. The second kappa shape index (κ2) is 8.49. The van der Waals surface area contributed by atoms with Crippen LogP contribution in [-0.4, -0.2) is 9.97 Å². The molecule has 0 atom stereocenters. The third kappa shape index (κ3) is 3.44. The normalized spacial score (nSPS) is 13.4. The van der Waals surface area contributed by atoms with Crippen molar-refractivity contribution < 1.29 is 4.42 Å². The largest absolute Gasteiger partial charge is 0.456 e. The lowest BCUT2D eigenvalue weighted by atomic mass is 9.81. The fourth-order valence-corrected chi connectivity index (χ4v) is 6.18. The van der Waals surface area contributed by atoms with Gasteiger partial charge in [-0.25, -0.2) is 9.97 Å². The zero-order chi connectivity index (χ0) is 26.8. The number of hydrogen-bond acceptors (Lipinski definition) is 3. The van der Waals surface area contributed by atoms with Gasteiger partial charge in [-0.05, 0) is 52.6 Å². The summed E-state index contributed by atoms with van der Waals surface area (Å²) in [4.78, 5) is 10.0. The zero-order valence-electron chi connectivity index (χ0n) is 22.3. The highest BCUT2D eigenvalue weighted by Gasteiger charge is 2.36. The van der Waals surface area contributed by atoms with E-state index in [1.54, 1.807) is 0 Å². The summed E-state index contributed by atoms with van der Waals surface area (Å²) in [6.45, 7) is 4.64. The van der Waals surface area contributed by atoms with E-state index in [2.05, 4.69) is 86.6 Å². The quantitative estimate of drug-likeness (QED) is 0.236. The van der Waals surface area contributed by atoms with E-state index in [1.807, 2.05) is 48.5 Å². The van der Waals surface area contributed by atoms with Crippen LogP contribution in [0.5, 0.6) is 0 Å². The molecule has 0 amide bonds. The summed E-state index contributed by atoms with van der Waals surface area (Å²) in [7, 11) is 0. The molecule has 3 heteroatoms. The van der Waals surface area contributed by atoms with Crippen molar-refractivity contribution in [2.75, 3.05) is 0 Å². The molecule has 0 N–H and O–H groups in total. The second-order valence-electron chi connectivity index (χ2n) is 11.1. The smallest absolute Gasteiger partial charge is 0.160 e. The van der Waals surface area contributed by atoms with Crippen LogP contribution in [0.25, 0.3) is 67.0 Å². The molecule has 0 aliphatic heterocycles. The van der Waals surface area contributed by atoms with Gasteiger partial charge in [0.15, 0.2) is 5.82 Å². The number of rotatable bonds is 3. The van der Waals surface area contributed by atoms with Crippen molar-refractivity contribution in [2.24, 2.45) is 0 Å². The molecule has 1 aliphatic rings. The highest BCUT2D eigenvalue weighted by molar-refractivity contribution is 6.07. The zero-order valence-corrected chi connectivity index (χ0v) is 22.3. The van der Waals surface area contributed by atoms with Crippen molar-refractivity contribution in [3.8, 4) is 45.0 Å². The molecule has 2 heterocycles. The van der Waals surface area contributed by atoms with Crippen LogP contribution in [0.15, 0.2) is 126 Å². The van der Waals surface area contributed by atoms with Gasteiger partial charge < -0.3 is 4.42 Å². The second-order valence-corrected chi connectivity index (χ2v) is 11.1. The standard InChI is InChI=1S/C37H26N2O/c1-37(2)30-19-25(17-18-26(30)28-21-35-29(20-31(28)37)27-15-9-10-16-34(27)40-35)33-22-32(23-11-5-3-6-12-23)38-36(39-33)24-13-7-4-8-14-24/h3-22H,1-2H3. The van der Waals surface area contributed by atoms with E-state index < -0.39 is 0 Å². The van der Waals surface area contributed by atoms with Gasteiger partial charge >= 0.3 is 0 Å². The molecule has 1 aliphatic carbocycles. The van der Waals surface area contributed by atoms with Crippen LogP contribution in [0.3, 0.4) is 0 Å². The van der Waals surface area contributed by atoms with Crippen molar-refractivity contribution in [1.29, 1.82) is 0 Å². The number of para-hydroxylation sites is 1. The third-order valence-electron chi connectivity index (χ3n) is 8.30. The molecule has 0 fully saturated rings. The molecule has 0 radical (unpaired) electrons. The van der Waals surface area contributed by atoms with Crippen LogP contribution >= 0.6 is 0 Å². The summed E-state index contributed by atoms with van der Waals surface area (Å²) in [5, 5.41) is 2.34. The van der Waals surface area contributed by atoms with Crippen molar-refractivity contribution in [2.45, 2.75) is 19.3 Å². The summed E-state index contributed by atoms with van der Waals surface area (Å²) in [5.74, 6) is 0.729. The topological polar surface area (TPSA) is 38.9 Å². The Hall–Kier alpha value is -5.02. The minimum Gasteiger partial charge on any atom is -0.456 e. The van der Waals surface area contributed by atoms with Gasteiger partial charge in [0.25, 0.3) is 0 Å². The van der Waals surface area contributed by atoms with E-state index in [-0.39, 0.29) is 5.41 Å². The van der Waals surface area contributed by atoms with Gasteiger partial charge in [-0.15, -0.1) is 0 Å². The summed E-state index contributed by atoms with van der Waals surface area (Å²) in [6, 6.07) is 42.3. The maximum atomic E-state index is 6.25. The lowest BCUT2D eigenvalue weighted by Crippen LogP contribution is -2.15. The van der Waals surface area contributed by atoms with Crippen LogP contribution in [0.2, 0.25) is 0 Å². The van der Waals surface area contributed by atoms with Crippen molar-refractivity contribution >= 4 is 21.9 Å². The Bertz CT molecular complexity index is 2010. The average Bonchev–Trinajstić information content (AvgIpc) is 3.48. The van der Waals surface area contributed by atoms with Crippen molar-refractivity contribution in [1.82, 2.24) is 9.97 Å². The van der Waals surface area contributed by atoms with E-state index in [4.69, 9.17) is 14.4 Å². The number of fused-ring (bicyclic) bond motifs is 6. The number of nitrogens with zero attached hydrogens (tertiary/aromatic N) is 2. The Labute approximate surface area is 232 Å². The molecule has 8 rings (SSSR count). The van der Waals surface area contributed by atoms with E-state index >= 15 is 0 Å². The lowest BCUT2D eigenvalue weighted by molar-refractivity contribution is 0.658. The van der Waals surface area contributed by atoms with E-state index in [0.717, 1.165) is 50.5 Å².